The van der Waals surface area contributed by atoms with Crippen molar-refractivity contribution in [2.24, 2.45) is 0 Å². The number of hydrogen-bond donors (Lipinski definition) is 1. The molecule has 2 unspecified atom stereocenters. The Kier molecular flexibility index (Phi) is 1.77. The van der Waals surface area contributed by atoms with Crippen LogP contribution in [0.3, 0.4) is 0 Å². The fourth-order valence-electron chi connectivity index (χ4n) is 1.03. The summed E-state index contributed by atoms with van der Waals surface area (Å²) in [5.41, 5.74) is 0. The fourth-order valence-corrected chi connectivity index (χ4v) is 1.03. The number of ether oxygens (including phenoxy) is 1. The molecule has 0 aromatic rings. The first-order chi connectivity index (χ1) is 4.13. The minimum atomic E-state index is -1.21. The van der Waals surface area contributed by atoms with Crippen molar-refractivity contribution in [1.82, 2.24) is 0 Å². The SMILES string of the molecule is B[C@@H]1O[C@H](C)C(O)C1F. The first-order valence-electron chi connectivity index (χ1n) is 3.10. The van der Waals surface area contributed by atoms with Crippen molar-refractivity contribution in [2.45, 2.75) is 31.3 Å². The third-order valence-corrected chi connectivity index (χ3v) is 1.68. The molecular formula is C5H10BFO2. The summed E-state index contributed by atoms with van der Waals surface area (Å²) in [6.45, 7) is 1.67. The zero-order valence-electron chi connectivity index (χ0n) is 5.54. The van der Waals surface area contributed by atoms with E-state index in [0.29, 0.717) is 0 Å². The van der Waals surface area contributed by atoms with Crippen LogP contribution in [0.25, 0.3) is 0 Å². The van der Waals surface area contributed by atoms with Gasteiger partial charge in [0.05, 0.1) is 12.1 Å². The van der Waals surface area contributed by atoms with Gasteiger partial charge in [-0.2, -0.15) is 0 Å². The van der Waals surface area contributed by atoms with Crippen LogP contribution in [0, 0.1) is 0 Å². The normalized spacial score (nSPS) is 51.9. The molecule has 1 heterocycles. The van der Waals surface area contributed by atoms with E-state index < -0.39 is 18.3 Å². The van der Waals surface area contributed by atoms with Gasteiger partial charge >= 0.3 is 0 Å². The van der Waals surface area contributed by atoms with Gasteiger partial charge in [0.15, 0.2) is 0 Å². The Bertz CT molecular complexity index is 99.1. The minimum absolute atomic E-state index is 0.352. The molecule has 1 N–H and O–H groups in total. The van der Waals surface area contributed by atoms with Gasteiger partial charge in [-0.3, -0.25) is 0 Å². The highest BCUT2D eigenvalue weighted by Crippen LogP contribution is 2.20. The Balaban J connectivity index is 2.54. The van der Waals surface area contributed by atoms with Crippen molar-refractivity contribution in [3.05, 3.63) is 0 Å². The monoisotopic (exact) mass is 132 g/mol. The number of aliphatic hydroxyl groups is 1. The Morgan fingerprint density at radius 1 is 1.67 bits per heavy atom. The number of halogens is 1. The van der Waals surface area contributed by atoms with Crippen LogP contribution in [0.1, 0.15) is 6.92 Å². The Morgan fingerprint density at radius 3 is 2.33 bits per heavy atom. The van der Waals surface area contributed by atoms with Crippen LogP contribution in [-0.2, 0) is 4.74 Å². The summed E-state index contributed by atoms with van der Waals surface area (Å²) in [6.07, 6.45) is -2.49. The van der Waals surface area contributed by atoms with Crippen LogP contribution in [0.4, 0.5) is 4.39 Å². The Morgan fingerprint density at radius 2 is 2.22 bits per heavy atom. The van der Waals surface area contributed by atoms with E-state index in [4.69, 9.17) is 9.84 Å². The van der Waals surface area contributed by atoms with Crippen molar-refractivity contribution in [3.63, 3.8) is 0 Å². The van der Waals surface area contributed by atoms with Crippen LogP contribution in [0.5, 0.6) is 0 Å². The van der Waals surface area contributed by atoms with Crippen LogP contribution >= 0.6 is 0 Å². The lowest BCUT2D eigenvalue weighted by Gasteiger charge is -2.06. The highest BCUT2D eigenvalue weighted by molar-refractivity contribution is 6.11. The van der Waals surface area contributed by atoms with Crippen molar-refractivity contribution in [1.29, 1.82) is 0 Å². The van der Waals surface area contributed by atoms with E-state index in [1.54, 1.807) is 14.8 Å². The third kappa shape index (κ3) is 1.09. The van der Waals surface area contributed by atoms with E-state index in [0.717, 1.165) is 0 Å². The first kappa shape index (κ1) is 7.03. The lowest BCUT2D eigenvalue weighted by Crippen LogP contribution is -2.27. The van der Waals surface area contributed by atoms with Gasteiger partial charge in [-0.25, -0.2) is 4.39 Å². The molecule has 0 amide bonds. The third-order valence-electron chi connectivity index (χ3n) is 1.68. The van der Waals surface area contributed by atoms with E-state index in [1.165, 1.54) is 0 Å². The summed E-state index contributed by atoms with van der Waals surface area (Å²) in [4.78, 5) is 0. The summed E-state index contributed by atoms with van der Waals surface area (Å²) >= 11 is 0. The molecule has 1 rings (SSSR count). The summed E-state index contributed by atoms with van der Waals surface area (Å²) in [6, 6.07) is -0.449. The maximum Gasteiger partial charge on any atom is 0.146 e. The maximum atomic E-state index is 12.6. The fraction of sp³-hybridized carbons (Fsp3) is 1.00. The molecule has 1 saturated heterocycles. The van der Waals surface area contributed by atoms with E-state index >= 15 is 0 Å². The van der Waals surface area contributed by atoms with Gasteiger partial charge in [-0.15, -0.1) is 0 Å². The number of hydrogen-bond acceptors (Lipinski definition) is 2. The number of rotatable bonds is 0. The molecule has 0 spiro atoms. The van der Waals surface area contributed by atoms with Crippen LogP contribution in [-0.4, -0.2) is 37.3 Å². The molecule has 0 aromatic carbocycles. The molecule has 0 aromatic heterocycles. The second-order valence-electron chi connectivity index (χ2n) is 2.48. The predicted octanol–water partition coefficient (Wildman–Crippen LogP) is -0.937. The highest BCUT2D eigenvalue weighted by Gasteiger charge is 2.38. The molecule has 1 aliphatic rings. The topological polar surface area (TPSA) is 29.5 Å². The van der Waals surface area contributed by atoms with Crippen molar-refractivity contribution < 1.29 is 14.2 Å². The minimum Gasteiger partial charge on any atom is -0.387 e. The molecule has 0 radical (unpaired) electrons. The van der Waals surface area contributed by atoms with Gasteiger partial charge in [-0.1, -0.05) is 0 Å². The summed E-state index contributed by atoms with van der Waals surface area (Å²) in [5, 5.41) is 8.94. The van der Waals surface area contributed by atoms with Crippen LogP contribution < -0.4 is 0 Å². The quantitative estimate of drug-likeness (QED) is 0.431. The van der Waals surface area contributed by atoms with Crippen molar-refractivity contribution in [3.8, 4) is 0 Å². The molecule has 9 heavy (non-hydrogen) atoms. The highest BCUT2D eigenvalue weighted by atomic mass is 19.1. The van der Waals surface area contributed by atoms with Gasteiger partial charge < -0.3 is 9.84 Å². The molecule has 4 atom stereocenters. The van der Waals surface area contributed by atoms with E-state index in [9.17, 15) is 4.39 Å². The van der Waals surface area contributed by atoms with E-state index in [-0.39, 0.29) is 6.10 Å². The summed E-state index contributed by atoms with van der Waals surface area (Å²) in [5.74, 6) is 0. The molecule has 0 aliphatic carbocycles. The van der Waals surface area contributed by atoms with Crippen molar-refractivity contribution >= 4 is 7.85 Å². The molecular weight excluding hydrogens is 122 g/mol. The molecule has 2 nitrogen and oxygen atoms in total. The molecule has 4 heteroatoms. The lowest BCUT2D eigenvalue weighted by molar-refractivity contribution is 0.0430. The van der Waals surface area contributed by atoms with Crippen LogP contribution in [0.15, 0.2) is 0 Å². The van der Waals surface area contributed by atoms with Gasteiger partial charge in [0.1, 0.15) is 20.1 Å². The average molecular weight is 132 g/mol. The van der Waals surface area contributed by atoms with Gasteiger partial charge in [0.25, 0.3) is 0 Å². The molecule has 52 valence electrons. The van der Waals surface area contributed by atoms with Gasteiger partial charge in [0, 0.05) is 0 Å². The molecule has 1 fully saturated rings. The summed E-state index contributed by atoms with van der Waals surface area (Å²) in [7, 11) is 1.62. The largest absolute Gasteiger partial charge is 0.387 e. The zero-order valence-corrected chi connectivity index (χ0v) is 5.54. The second kappa shape index (κ2) is 2.27. The molecule has 1 aliphatic heterocycles. The second-order valence-corrected chi connectivity index (χ2v) is 2.48. The standard InChI is InChI=1S/C5H10BFO2/c1-2-4(8)3(7)5(6)9-2/h2-5,8H,6H2,1H3/t2-,3?,4?,5-/m1/s1. The Labute approximate surface area is 54.4 Å². The maximum absolute atomic E-state index is 12.6. The lowest BCUT2D eigenvalue weighted by atomic mass is 9.94. The van der Waals surface area contributed by atoms with Gasteiger partial charge in [-0.05, 0) is 6.92 Å². The zero-order chi connectivity index (χ0) is 7.02. The predicted molar refractivity (Wildman–Crippen MR) is 33.8 cm³/mol. The molecule has 0 saturated carbocycles. The van der Waals surface area contributed by atoms with E-state index in [1.807, 2.05) is 0 Å². The van der Waals surface area contributed by atoms with Gasteiger partial charge in [0.2, 0.25) is 0 Å². The van der Waals surface area contributed by atoms with Crippen molar-refractivity contribution in [2.75, 3.05) is 0 Å². The Hall–Kier alpha value is -0.0851. The average Bonchev–Trinajstić information content (AvgIpc) is 1.98. The smallest absolute Gasteiger partial charge is 0.146 e. The first-order valence-corrected chi connectivity index (χ1v) is 3.10. The summed E-state index contributed by atoms with van der Waals surface area (Å²) < 4.78 is 17.5. The number of aliphatic hydroxyl groups excluding tert-OH is 1. The van der Waals surface area contributed by atoms with Crippen LogP contribution in [0.2, 0.25) is 0 Å². The number of alkyl halides is 1. The molecule has 0 bridgehead atoms. The van der Waals surface area contributed by atoms with E-state index in [2.05, 4.69) is 0 Å².